The van der Waals surface area contributed by atoms with Crippen LogP contribution >= 0.6 is 0 Å². The first-order chi connectivity index (χ1) is 13.0. The number of likely N-dealkylation sites (N-methyl/N-ethyl adjacent to an activating group) is 1. The quantitative estimate of drug-likeness (QED) is 0.676. The van der Waals surface area contributed by atoms with Gasteiger partial charge < -0.3 is 10.2 Å². The number of benzene rings is 2. The lowest BCUT2D eigenvalue weighted by atomic mass is 10.1. The van der Waals surface area contributed by atoms with Crippen LogP contribution in [0.15, 0.2) is 54.7 Å². The Labute approximate surface area is 160 Å². The molecule has 5 nitrogen and oxygen atoms in total. The van der Waals surface area contributed by atoms with Gasteiger partial charge >= 0.3 is 0 Å². The fourth-order valence-corrected chi connectivity index (χ4v) is 3.23. The highest BCUT2D eigenvalue weighted by molar-refractivity contribution is 5.63. The van der Waals surface area contributed by atoms with Gasteiger partial charge in [-0.1, -0.05) is 42.5 Å². The molecule has 2 N–H and O–H groups in total. The zero-order chi connectivity index (χ0) is 19.4. The van der Waals surface area contributed by atoms with Crippen LogP contribution in [-0.4, -0.2) is 51.2 Å². The van der Waals surface area contributed by atoms with Crippen LogP contribution < -0.4 is 0 Å². The van der Waals surface area contributed by atoms with E-state index in [-0.39, 0.29) is 6.61 Å². The van der Waals surface area contributed by atoms with Gasteiger partial charge in [-0.15, -0.1) is 0 Å². The highest BCUT2D eigenvalue weighted by Crippen LogP contribution is 2.26. The molecule has 27 heavy (non-hydrogen) atoms. The van der Waals surface area contributed by atoms with Crippen LogP contribution in [0.4, 0.5) is 0 Å². The van der Waals surface area contributed by atoms with Crippen molar-refractivity contribution in [1.29, 1.82) is 0 Å². The summed E-state index contributed by atoms with van der Waals surface area (Å²) in [4.78, 5) is 2.00. The molecule has 1 heterocycles. The molecule has 142 valence electrons. The largest absolute Gasteiger partial charge is 0.394 e. The highest BCUT2D eigenvalue weighted by atomic mass is 16.3. The Balaban J connectivity index is 2.00. The van der Waals surface area contributed by atoms with Gasteiger partial charge in [-0.2, -0.15) is 5.10 Å². The summed E-state index contributed by atoms with van der Waals surface area (Å²) in [6.07, 6.45) is 1.32. The molecule has 0 bridgehead atoms. The first-order valence-electron chi connectivity index (χ1n) is 9.17. The van der Waals surface area contributed by atoms with Crippen LogP contribution in [-0.2, 0) is 6.54 Å². The molecule has 0 radical (unpaired) electrons. The molecule has 0 saturated carbocycles. The average molecular weight is 365 g/mol. The number of aryl methyl sites for hydroxylation is 2. The van der Waals surface area contributed by atoms with E-state index in [1.54, 1.807) is 0 Å². The molecule has 2 aromatic carbocycles. The van der Waals surface area contributed by atoms with E-state index in [0.29, 0.717) is 13.1 Å². The van der Waals surface area contributed by atoms with E-state index in [9.17, 15) is 5.11 Å². The number of hydrogen-bond acceptors (Lipinski definition) is 4. The van der Waals surface area contributed by atoms with E-state index in [2.05, 4.69) is 50.4 Å². The summed E-state index contributed by atoms with van der Waals surface area (Å²) in [5.74, 6) is 0. The van der Waals surface area contributed by atoms with Crippen molar-refractivity contribution in [3.05, 3.63) is 71.4 Å². The average Bonchev–Trinajstić information content (AvgIpc) is 3.07. The van der Waals surface area contributed by atoms with Gasteiger partial charge in [-0.25, -0.2) is 4.68 Å². The van der Waals surface area contributed by atoms with Crippen molar-refractivity contribution >= 4 is 0 Å². The van der Waals surface area contributed by atoms with Crippen molar-refractivity contribution in [2.45, 2.75) is 26.5 Å². The monoisotopic (exact) mass is 365 g/mol. The number of rotatable bonds is 7. The summed E-state index contributed by atoms with van der Waals surface area (Å²) in [6.45, 7) is 4.96. The van der Waals surface area contributed by atoms with Gasteiger partial charge in [0.15, 0.2) is 0 Å². The molecule has 0 saturated heterocycles. The number of hydrogen-bond donors (Lipinski definition) is 2. The SMILES string of the molecule is Cc1ccc(C)c(-n2cc(CN(C)CC(O)CO)c(-c3ccccc3)n2)c1. The number of aliphatic hydroxyl groups is 2. The van der Waals surface area contributed by atoms with E-state index in [1.807, 2.05) is 34.8 Å². The number of aliphatic hydroxyl groups excluding tert-OH is 2. The van der Waals surface area contributed by atoms with E-state index < -0.39 is 6.10 Å². The molecule has 0 amide bonds. The normalized spacial score (nSPS) is 12.5. The van der Waals surface area contributed by atoms with Crippen molar-refractivity contribution < 1.29 is 10.2 Å². The fourth-order valence-electron chi connectivity index (χ4n) is 3.23. The molecule has 0 aliphatic carbocycles. The molecular formula is C22H27N3O2. The third-order valence-electron chi connectivity index (χ3n) is 4.62. The van der Waals surface area contributed by atoms with Gasteiger partial charge in [0.2, 0.25) is 0 Å². The minimum atomic E-state index is -0.746. The van der Waals surface area contributed by atoms with Crippen LogP contribution in [0, 0.1) is 13.8 Å². The van der Waals surface area contributed by atoms with Crippen molar-refractivity contribution in [1.82, 2.24) is 14.7 Å². The molecule has 1 atom stereocenters. The molecule has 0 aliphatic heterocycles. The van der Waals surface area contributed by atoms with E-state index in [4.69, 9.17) is 10.2 Å². The fraction of sp³-hybridized carbons (Fsp3) is 0.318. The Hall–Kier alpha value is -2.47. The summed E-state index contributed by atoms with van der Waals surface area (Å²) >= 11 is 0. The maximum atomic E-state index is 9.73. The summed E-state index contributed by atoms with van der Waals surface area (Å²) in [7, 11) is 1.93. The summed E-state index contributed by atoms with van der Waals surface area (Å²) in [5.41, 5.74) is 6.50. The smallest absolute Gasteiger partial charge is 0.0972 e. The summed E-state index contributed by atoms with van der Waals surface area (Å²) < 4.78 is 1.94. The molecule has 1 aromatic heterocycles. The molecule has 5 heteroatoms. The lowest BCUT2D eigenvalue weighted by molar-refractivity contribution is 0.0648. The molecule has 3 aromatic rings. The zero-order valence-electron chi connectivity index (χ0n) is 16.1. The van der Waals surface area contributed by atoms with Crippen molar-refractivity contribution in [3.63, 3.8) is 0 Å². The standard InChI is InChI=1S/C22H27N3O2/c1-16-9-10-17(2)21(11-16)25-13-19(12-24(3)14-20(27)15-26)22(23-25)18-7-5-4-6-8-18/h4-11,13,20,26-27H,12,14-15H2,1-3H3. The number of nitrogens with zero attached hydrogens (tertiary/aromatic N) is 3. The van der Waals surface area contributed by atoms with Crippen LogP contribution in [0.3, 0.4) is 0 Å². The first kappa shape index (κ1) is 19.3. The third-order valence-corrected chi connectivity index (χ3v) is 4.62. The predicted octanol–water partition coefficient (Wildman–Crippen LogP) is 2.94. The number of aromatic nitrogens is 2. The topological polar surface area (TPSA) is 61.5 Å². The molecule has 1 unspecified atom stereocenters. The van der Waals surface area contributed by atoms with Gasteiger partial charge in [0, 0.05) is 30.4 Å². The Morgan fingerprint density at radius 2 is 1.85 bits per heavy atom. The molecule has 0 spiro atoms. The highest BCUT2D eigenvalue weighted by Gasteiger charge is 2.16. The van der Waals surface area contributed by atoms with E-state index in [0.717, 1.165) is 22.5 Å². The first-order valence-corrected chi connectivity index (χ1v) is 9.17. The second-order valence-corrected chi connectivity index (χ2v) is 7.14. The van der Waals surface area contributed by atoms with Crippen LogP contribution in [0.1, 0.15) is 16.7 Å². The van der Waals surface area contributed by atoms with Crippen molar-refractivity contribution in [2.24, 2.45) is 0 Å². The Bertz CT molecular complexity index is 890. The maximum Gasteiger partial charge on any atom is 0.0972 e. The van der Waals surface area contributed by atoms with E-state index in [1.165, 1.54) is 11.1 Å². The maximum absolute atomic E-state index is 9.73. The molecular weight excluding hydrogens is 338 g/mol. The van der Waals surface area contributed by atoms with Crippen LogP contribution in [0.25, 0.3) is 16.9 Å². The molecule has 3 rings (SSSR count). The van der Waals surface area contributed by atoms with Crippen LogP contribution in [0.5, 0.6) is 0 Å². The zero-order valence-corrected chi connectivity index (χ0v) is 16.1. The molecule has 0 fully saturated rings. The van der Waals surface area contributed by atoms with Crippen molar-refractivity contribution in [2.75, 3.05) is 20.2 Å². The van der Waals surface area contributed by atoms with E-state index >= 15 is 0 Å². The summed E-state index contributed by atoms with van der Waals surface area (Å²) in [6, 6.07) is 16.5. The lowest BCUT2D eigenvalue weighted by Gasteiger charge is -2.19. The second kappa shape index (κ2) is 8.48. The Morgan fingerprint density at radius 1 is 1.11 bits per heavy atom. The van der Waals surface area contributed by atoms with Gasteiger partial charge in [0.1, 0.15) is 0 Å². The Kier molecular flexibility index (Phi) is 6.06. The third kappa shape index (κ3) is 4.63. The minimum absolute atomic E-state index is 0.238. The minimum Gasteiger partial charge on any atom is -0.394 e. The van der Waals surface area contributed by atoms with Gasteiger partial charge in [0.25, 0.3) is 0 Å². The van der Waals surface area contributed by atoms with Gasteiger partial charge in [0.05, 0.1) is 24.1 Å². The van der Waals surface area contributed by atoms with Crippen molar-refractivity contribution in [3.8, 4) is 16.9 Å². The molecule has 0 aliphatic rings. The lowest BCUT2D eigenvalue weighted by Crippen LogP contribution is -2.31. The van der Waals surface area contributed by atoms with Gasteiger partial charge in [-0.3, -0.25) is 4.90 Å². The Morgan fingerprint density at radius 3 is 2.56 bits per heavy atom. The summed E-state index contributed by atoms with van der Waals surface area (Å²) in [5, 5.41) is 23.7. The second-order valence-electron chi connectivity index (χ2n) is 7.14. The van der Waals surface area contributed by atoms with Crippen LogP contribution in [0.2, 0.25) is 0 Å². The predicted molar refractivity (Wildman–Crippen MR) is 108 cm³/mol. The van der Waals surface area contributed by atoms with Gasteiger partial charge in [-0.05, 0) is 38.1 Å².